The first-order valence-electron chi connectivity index (χ1n) is 6.61. The van der Waals surface area contributed by atoms with Crippen LogP contribution in [0.2, 0.25) is 5.02 Å². The van der Waals surface area contributed by atoms with Crippen molar-refractivity contribution in [3.63, 3.8) is 0 Å². The van der Waals surface area contributed by atoms with E-state index in [1.54, 1.807) is 6.07 Å². The van der Waals surface area contributed by atoms with Crippen molar-refractivity contribution in [3.05, 3.63) is 62.3 Å². The number of aliphatic hydroxyl groups is 1. The zero-order chi connectivity index (χ0) is 15.0. The third-order valence-corrected chi connectivity index (χ3v) is 4.33. The predicted molar refractivity (Wildman–Crippen MR) is 83.4 cm³/mol. The number of ether oxygens (including phenoxy) is 1. The Hall–Kier alpha value is -1.10. The Morgan fingerprint density at radius 3 is 2.90 bits per heavy atom. The maximum atomic E-state index is 13.5. The van der Waals surface area contributed by atoms with Crippen LogP contribution in [0.4, 0.5) is 4.39 Å². The first-order chi connectivity index (χ1) is 10.0. The lowest BCUT2D eigenvalue weighted by Gasteiger charge is -2.14. The van der Waals surface area contributed by atoms with Crippen molar-refractivity contribution in [3.8, 4) is 5.75 Å². The van der Waals surface area contributed by atoms with E-state index in [1.807, 2.05) is 12.1 Å². The van der Waals surface area contributed by atoms with Crippen LogP contribution < -0.4 is 4.74 Å². The summed E-state index contributed by atoms with van der Waals surface area (Å²) < 4.78 is 20.1. The van der Waals surface area contributed by atoms with Gasteiger partial charge in [-0.25, -0.2) is 4.39 Å². The van der Waals surface area contributed by atoms with Gasteiger partial charge in [-0.2, -0.15) is 0 Å². The van der Waals surface area contributed by atoms with E-state index < -0.39 is 11.9 Å². The first kappa shape index (κ1) is 14.8. The average Bonchev–Trinajstić information content (AvgIpc) is 2.90. The molecule has 2 nitrogen and oxygen atoms in total. The van der Waals surface area contributed by atoms with Crippen LogP contribution in [0.5, 0.6) is 5.75 Å². The fourth-order valence-electron chi connectivity index (χ4n) is 2.54. The van der Waals surface area contributed by atoms with Crippen LogP contribution in [-0.4, -0.2) is 11.7 Å². The van der Waals surface area contributed by atoms with Crippen molar-refractivity contribution in [1.29, 1.82) is 0 Å². The van der Waals surface area contributed by atoms with E-state index in [9.17, 15) is 9.50 Å². The molecule has 1 atom stereocenters. The van der Waals surface area contributed by atoms with Gasteiger partial charge in [0.2, 0.25) is 0 Å². The molecule has 110 valence electrons. The van der Waals surface area contributed by atoms with Crippen molar-refractivity contribution in [2.45, 2.75) is 18.9 Å². The van der Waals surface area contributed by atoms with Crippen LogP contribution in [0, 0.1) is 5.82 Å². The minimum Gasteiger partial charge on any atom is -0.493 e. The van der Waals surface area contributed by atoms with Gasteiger partial charge in [0, 0.05) is 17.3 Å². The minimum atomic E-state index is -0.806. The minimum absolute atomic E-state index is 0.0534. The Morgan fingerprint density at radius 1 is 1.33 bits per heavy atom. The highest BCUT2D eigenvalue weighted by Gasteiger charge is 2.20. The summed E-state index contributed by atoms with van der Waals surface area (Å²) in [5.74, 6) is 0.315. The van der Waals surface area contributed by atoms with Gasteiger partial charge >= 0.3 is 0 Å². The molecule has 1 aliphatic heterocycles. The lowest BCUT2D eigenvalue weighted by atomic mass is 9.99. The van der Waals surface area contributed by atoms with Crippen LogP contribution in [-0.2, 0) is 12.8 Å². The molecule has 1 unspecified atom stereocenters. The van der Waals surface area contributed by atoms with Gasteiger partial charge in [0.25, 0.3) is 0 Å². The Balaban J connectivity index is 1.88. The predicted octanol–water partition coefficient (Wildman–Crippen LogP) is 4.45. The average molecular weight is 372 g/mol. The molecule has 0 aliphatic carbocycles. The molecule has 3 rings (SSSR count). The Kier molecular flexibility index (Phi) is 4.20. The van der Waals surface area contributed by atoms with Crippen molar-refractivity contribution in [1.82, 2.24) is 0 Å². The summed E-state index contributed by atoms with van der Waals surface area (Å²) in [6.07, 6.45) is 0.426. The van der Waals surface area contributed by atoms with Crippen LogP contribution in [0.1, 0.15) is 22.8 Å². The second-order valence-electron chi connectivity index (χ2n) is 5.05. The maximum Gasteiger partial charge on any atom is 0.142 e. The van der Waals surface area contributed by atoms with E-state index in [0.717, 1.165) is 27.8 Å². The van der Waals surface area contributed by atoms with Crippen molar-refractivity contribution < 1.29 is 14.2 Å². The zero-order valence-corrected chi connectivity index (χ0v) is 13.4. The van der Waals surface area contributed by atoms with Gasteiger partial charge in [-0.3, -0.25) is 0 Å². The zero-order valence-electron chi connectivity index (χ0n) is 11.1. The molecule has 1 heterocycles. The van der Waals surface area contributed by atoms with Gasteiger partial charge in [0.05, 0.1) is 17.7 Å². The number of aliphatic hydroxyl groups excluding tert-OH is 1. The smallest absolute Gasteiger partial charge is 0.142 e. The van der Waals surface area contributed by atoms with Gasteiger partial charge in [0.1, 0.15) is 11.6 Å². The second-order valence-corrected chi connectivity index (χ2v) is 6.37. The third kappa shape index (κ3) is 3.07. The van der Waals surface area contributed by atoms with Crippen LogP contribution in [0.3, 0.4) is 0 Å². The molecule has 1 N–H and O–H groups in total. The first-order valence-corrected chi connectivity index (χ1v) is 7.79. The van der Waals surface area contributed by atoms with Crippen molar-refractivity contribution >= 4 is 27.5 Å². The highest BCUT2D eigenvalue weighted by molar-refractivity contribution is 9.10. The van der Waals surface area contributed by atoms with Crippen LogP contribution in [0.15, 0.2) is 34.8 Å². The summed E-state index contributed by atoms with van der Waals surface area (Å²) in [4.78, 5) is 0. The number of hydrogen-bond acceptors (Lipinski definition) is 2. The molecule has 0 fully saturated rings. The van der Waals surface area contributed by atoms with Crippen molar-refractivity contribution in [2.24, 2.45) is 0 Å². The highest BCUT2D eigenvalue weighted by Crippen LogP contribution is 2.35. The number of hydrogen-bond donors (Lipinski definition) is 1. The molecule has 0 aromatic heterocycles. The molecule has 0 saturated heterocycles. The molecule has 1 aliphatic rings. The molecule has 2 aromatic rings. The highest BCUT2D eigenvalue weighted by atomic mass is 79.9. The SMILES string of the molecule is OC(Cc1cc(Br)cc2c1OCC2)c1ccc(Cl)c(F)c1. The van der Waals surface area contributed by atoms with Gasteiger partial charge in [-0.05, 0) is 41.0 Å². The summed E-state index contributed by atoms with van der Waals surface area (Å²) in [7, 11) is 0. The van der Waals surface area contributed by atoms with E-state index in [-0.39, 0.29) is 5.02 Å². The fraction of sp³-hybridized carbons (Fsp3) is 0.250. The Bertz CT molecular complexity index is 690. The molecule has 0 amide bonds. The van der Waals surface area contributed by atoms with E-state index >= 15 is 0 Å². The molecule has 21 heavy (non-hydrogen) atoms. The monoisotopic (exact) mass is 370 g/mol. The van der Waals surface area contributed by atoms with Gasteiger partial charge in [-0.1, -0.05) is 33.6 Å². The molecule has 2 aromatic carbocycles. The number of fused-ring (bicyclic) bond motifs is 1. The van der Waals surface area contributed by atoms with Gasteiger partial charge < -0.3 is 9.84 Å². The molecular weight excluding hydrogens is 359 g/mol. The fourth-order valence-corrected chi connectivity index (χ4v) is 3.21. The molecule has 0 saturated carbocycles. The van der Waals surface area contributed by atoms with E-state index in [2.05, 4.69) is 15.9 Å². The summed E-state index contributed by atoms with van der Waals surface area (Å²) >= 11 is 9.13. The lowest BCUT2D eigenvalue weighted by molar-refractivity contribution is 0.176. The maximum absolute atomic E-state index is 13.5. The largest absolute Gasteiger partial charge is 0.493 e. The lowest BCUT2D eigenvalue weighted by Crippen LogP contribution is -2.04. The standard InChI is InChI=1S/C16H13BrClFO2/c17-12-5-10-3-4-21-16(10)11(6-12)8-15(20)9-1-2-13(18)14(19)7-9/h1-2,5-7,15,20H,3-4,8H2. The van der Waals surface area contributed by atoms with E-state index in [0.29, 0.717) is 18.6 Å². The summed E-state index contributed by atoms with van der Waals surface area (Å²) in [6, 6.07) is 8.32. The third-order valence-electron chi connectivity index (χ3n) is 3.57. The molecular formula is C16H13BrClFO2. The molecule has 5 heteroatoms. The Morgan fingerprint density at radius 2 is 2.14 bits per heavy atom. The Labute approximate surface area is 135 Å². The van der Waals surface area contributed by atoms with E-state index in [4.69, 9.17) is 16.3 Å². The summed E-state index contributed by atoms with van der Waals surface area (Å²) in [5.41, 5.74) is 2.55. The van der Waals surface area contributed by atoms with Crippen molar-refractivity contribution in [2.75, 3.05) is 6.61 Å². The number of halogens is 3. The van der Waals surface area contributed by atoms with Gasteiger partial charge in [0.15, 0.2) is 0 Å². The molecule has 0 spiro atoms. The van der Waals surface area contributed by atoms with E-state index in [1.165, 1.54) is 12.1 Å². The van der Waals surface area contributed by atoms with Crippen LogP contribution >= 0.6 is 27.5 Å². The normalized spacial score (nSPS) is 14.7. The van der Waals surface area contributed by atoms with Crippen LogP contribution in [0.25, 0.3) is 0 Å². The number of benzene rings is 2. The summed E-state index contributed by atoms with van der Waals surface area (Å²) in [5, 5.41) is 10.4. The van der Waals surface area contributed by atoms with Gasteiger partial charge in [-0.15, -0.1) is 0 Å². The summed E-state index contributed by atoms with van der Waals surface area (Å²) in [6.45, 7) is 0.657. The topological polar surface area (TPSA) is 29.5 Å². The molecule has 0 bridgehead atoms. The number of rotatable bonds is 3. The second kappa shape index (κ2) is 5.95. The molecule has 0 radical (unpaired) electrons. The quantitative estimate of drug-likeness (QED) is 0.863.